The minimum absolute atomic E-state index is 0.0873. The fourth-order valence-electron chi connectivity index (χ4n) is 1.94. The van der Waals surface area contributed by atoms with Gasteiger partial charge in [0.1, 0.15) is 5.56 Å². The van der Waals surface area contributed by atoms with Crippen molar-refractivity contribution in [1.29, 1.82) is 0 Å². The summed E-state index contributed by atoms with van der Waals surface area (Å²) in [6, 6.07) is 5.52. The Morgan fingerprint density at radius 3 is 2.39 bits per heavy atom. The molecule has 0 aliphatic carbocycles. The maximum Gasteiger partial charge on any atom is 0.220 e. The van der Waals surface area contributed by atoms with Gasteiger partial charge >= 0.3 is 0 Å². The molecule has 18 heavy (non-hydrogen) atoms. The molecular weight excluding hydrogens is 228 g/mol. The third-order valence-electron chi connectivity index (χ3n) is 3.19. The Labute approximate surface area is 106 Å². The van der Waals surface area contributed by atoms with Crippen molar-refractivity contribution in [2.24, 2.45) is 7.05 Å². The zero-order valence-corrected chi connectivity index (χ0v) is 11.0. The molecule has 1 heterocycles. The molecule has 94 valence electrons. The van der Waals surface area contributed by atoms with Crippen LogP contribution in [0.25, 0.3) is 0 Å². The van der Waals surface area contributed by atoms with Crippen LogP contribution in [-0.2, 0) is 7.05 Å². The van der Waals surface area contributed by atoms with Gasteiger partial charge in [-0.05, 0) is 38.0 Å². The number of hydrogen-bond donors (Lipinski definition) is 1. The summed E-state index contributed by atoms with van der Waals surface area (Å²) in [6.45, 7) is 5.67. The van der Waals surface area contributed by atoms with Crippen LogP contribution in [0.3, 0.4) is 0 Å². The summed E-state index contributed by atoms with van der Waals surface area (Å²) >= 11 is 0. The summed E-state index contributed by atoms with van der Waals surface area (Å²) in [4.78, 5) is 12.4. The molecule has 0 unspecified atom stereocenters. The largest absolute Gasteiger partial charge is 0.493 e. The Kier molecular flexibility index (Phi) is 2.95. The van der Waals surface area contributed by atoms with E-state index in [1.807, 2.05) is 26.0 Å². The smallest absolute Gasteiger partial charge is 0.220 e. The minimum atomic E-state index is -0.193. The molecule has 1 aromatic heterocycles. The van der Waals surface area contributed by atoms with Crippen molar-refractivity contribution in [1.82, 2.24) is 9.78 Å². The molecule has 0 saturated heterocycles. The van der Waals surface area contributed by atoms with Gasteiger partial charge in [0.15, 0.2) is 5.78 Å². The van der Waals surface area contributed by atoms with E-state index in [-0.39, 0.29) is 17.2 Å². The van der Waals surface area contributed by atoms with Crippen LogP contribution in [0.15, 0.2) is 18.2 Å². The number of aromatic hydroxyl groups is 1. The monoisotopic (exact) mass is 244 g/mol. The molecule has 2 rings (SSSR count). The number of carbonyl (C=O) groups excluding carboxylic acids is 1. The molecule has 0 bridgehead atoms. The zero-order valence-electron chi connectivity index (χ0n) is 11.0. The number of carbonyl (C=O) groups is 1. The first-order chi connectivity index (χ1) is 8.41. The van der Waals surface area contributed by atoms with Crippen LogP contribution in [0.5, 0.6) is 5.88 Å². The van der Waals surface area contributed by atoms with Gasteiger partial charge < -0.3 is 5.11 Å². The average Bonchev–Trinajstić information content (AvgIpc) is 2.56. The van der Waals surface area contributed by atoms with Gasteiger partial charge in [-0.15, -0.1) is 0 Å². The van der Waals surface area contributed by atoms with Crippen molar-refractivity contribution < 1.29 is 9.90 Å². The Balaban J connectivity index is 2.51. The molecule has 0 amide bonds. The Morgan fingerprint density at radius 1 is 1.22 bits per heavy atom. The van der Waals surface area contributed by atoms with E-state index in [2.05, 4.69) is 5.10 Å². The lowest BCUT2D eigenvalue weighted by Crippen LogP contribution is -2.03. The van der Waals surface area contributed by atoms with E-state index in [0.717, 1.165) is 11.1 Å². The normalized spacial score (nSPS) is 10.7. The van der Waals surface area contributed by atoms with Crippen molar-refractivity contribution in [3.63, 3.8) is 0 Å². The number of aromatic nitrogens is 2. The quantitative estimate of drug-likeness (QED) is 0.824. The van der Waals surface area contributed by atoms with Crippen LogP contribution in [0.1, 0.15) is 32.7 Å². The van der Waals surface area contributed by atoms with Crippen molar-refractivity contribution >= 4 is 5.78 Å². The maximum atomic E-state index is 12.4. The first-order valence-corrected chi connectivity index (χ1v) is 5.76. The summed E-state index contributed by atoms with van der Waals surface area (Å²) in [7, 11) is 1.61. The SMILES string of the molecule is Cc1ccc(C(=O)c2c(C)nn(C)c2O)cc1C. The molecule has 4 heteroatoms. The summed E-state index contributed by atoms with van der Waals surface area (Å²) < 4.78 is 1.31. The highest BCUT2D eigenvalue weighted by Gasteiger charge is 2.21. The van der Waals surface area contributed by atoms with Crippen LogP contribution >= 0.6 is 0 Å². The Morgan fingerprint density at radius 2 is 1.89 bits per heavy atom. The van der Waals surface area contributed by atoms with E-state index >= 15 is 0 Å². The van der Waals surface area contributed by atoms with Crippen LogP contribution in [0.2, 0.25) is 0 Å². The van der Waals surface area contributed by atoms with Crippen LogP contribution < -0.4 is 0 Å². The van der Waals surface area contributed by atoms with E-state index in [0.29, 0.717) is 11.3 Å². The maximum absolute atomic E-state index is 12.4. The van der Waals surface area contributed by atoms with Gasteiger partial charge in [0.2, 0.25) is 5.88 Å². The number of benzene rings is 1. The van der Waals surface area contributed by atoms with Crippen LogP contribution in [0, 0.1) is 20.8 Å². The zero-order chi connectivity index (χ0) is 13.4. The fraction of sp³-hybridized carbons (Fsp3) is 0.286. The Bertz CT molecular complexity index is 627. The third kappa shape index (κ3) is 1.90. The summed E-state index contributed by atoms with van der Waals surface area (Å²) in [5, 5.41) is 13.9. The van der Waals surface area contributed by atoms with Crippen molar-refractivity contribution in [3.05, 3.63) is 46.1 Å². The first-order valence-electron chi connectivity index (χ1n) is 5.76. The molecule has 0 aliphatic heterocycles. The molecular formula is C14H16N2O2. The molecule has 4 nitrogen and oxygen atoms in total. The van der Waals surface area contributed by atoms with Gasteiger partial charge in [0, 0.05) is 12.6 Å². The number of ketones is 1. The predicted octanol–water partition coefficient (Wildman–Crippen LogP) is 2.28. The van der Waals surface area contributed by atoms with Crippen molar-refractivity contribution in [3.8, 4) is 5.88 Å². The molecule has 0 radical (unpaired) electrons. The second-order valence-electron chi connectivity index (χ2n) is 4.54. The third-order valence-corrected chi connectivity index (χ3v) is 3.19. The van der Waals surface area contributed by atoms with Gasteiger partial charge in [0.05, 0.1) is 5.69 Å². The summed E-state index contributed by atoms with van der Waals surface area (Å²) in [5.74, 6) is -0.281. The molecule has 0 atom stereocenters. The molecule has 2 aromatic rings. The summed E-state index contributed by atoms with van der Waals surface area (Å²) in [5.41, 5.74) is 3.59. The number of hydrogen-bond acceptors (Lipinski definition) is 3. The number of nitrogens with zero attached hydrogens (tertiary/aromatic N) is 2. The fourth-order valence-corrected chi connectivity index (χ4v) is 1.94. The van der Waals surface area contributed by atoms with E-state index in [4.69, 9.17) is 0 Å². The number of aryl methyl sites for hydroxylation is 4. The predicted molar refractivity (Wildman–Crippen MR) is 69.0 cm³/mol. The lowest BCUT2D eigenvalue weighted by Gasteiger charge is -2.04. The second kappa shape index (κ2) is 4.29. The van der Waals surface area contributed by atoms with Gasteiger partial charge in [-0.2, -0.15) is 5.10 Å². The lowest BCUT2D eigenvalue weighted by molar-refractivity contribution is 0.103. The van der Waals surface area contributed by atoms with Gasteiger partial charge in [-0.1, -0.05) is 12.1 Å². The highest BCUT2D eigenvalue weighted by atomic mass is 16.3. The van der Waals surface area contributed by atoms with E-state index < -0.39 is 0 Å². The highest BCUT2D eigenvalue weighted by Crippen LogP contribution is 2.23. The van der Waals surface area contributed by atoms with Gasteiger partial charge in [-0.25, -0.2) is 4.68 Å². The molecule has 0 aliphatic rings. The standard InChI is InChI=1S/C14H16N2O2/c1-8-5-6-11(7-9(8)2)13(17)12-10(3)15-16(4)14(12)18/h5-7,18H,1-4H3. The summed E-state index contributed by atoms with van der Waals surface area (Å²) in [6.07, 6.45) is 0. The minimum Gasteiger partial charge on any atom is -0.493 e. The molecule has 0 fully saturated rings. The van der Waals surface area contributed by atoms with Crippen LogP contribution in [-0.4, -0.2) is 20.7 Å². The first kappa shape index (κ1) is 12.4. The van der Waals surface area contributed by atoms with E-state index in [1.165, 1.54) is 4.68 Å². The highest BCUT2D eigenvalue weighted by molar-refractivity contribution is 6.11. The van der Waals surface area contributed by atoms with Crippen LogP contribution in [0.4, 0.5) is 0 Å². The molecule has 1 aromatic carbocycles. The Hall–Kier alpha value is -2.10. The molecule has 1 N–H and O–H groups in total. The lowest BCUT2D eigenvalue weighted by atomic mass is 9.99. The average molecular weight is 244 g/mol. The van der Waals surface area contributed by atoms with Crippen molar-refractivity contribution in [2.75, 3.05) is 0 Å². The van der Waals surface area contributed by atoms with E-state index in [1.54, 1.807) is 20.0 Å². The second-order valence-corrected chi connectivity index (χ2v) is 4.54. The number of rotatable bonds is 2. The van der Waals surface area contributed by atoms with Gasteiger partial charge in [-0.3, -0.25) is 4.79 Å². The topological polar surface area (TPSA) is 55.1 Å². The molecule has 0 spiro atoms. The molecule has 0 saturated carbocycles. The van der Waals surface area contributed by atoms with E-state index in [9.17, 15) is 9.90 Å². The van der Waals surface area contributed by atoms with Crippen molar-refractivity contribution in [2.45, 2.75) is 20.8 Å². The van der Waals surface area contributed by atoms with Gasteiger partial charge in [0.25, 0.3) is 0 Å².